The number of anilines is 2. The van der Waals surface area contributed by atoms with Gasteiger partial charge in [-0.05, 0) is 48.9 Å². The molecule has 0 aromatic heterocycles. The van der Waals surface area contributed by atoms with Crippen molar-refractivity contribution in [1.82, 2.24) is 0 Å². The molecule has 6 heteroatoms. The predicted molar refractivity (Wildman–Crippen MR) is 82.3 cm³/mol. The summed E-state index contributed by atoms with van der Waals surface area (Å²) in [6, 6.07) is 12.2. The highest BCUT2D eigenvalue weighted by atomic mass is 35.5. The van der Waals surface area contributed by atoms with Crippen LogP contribution in [0.1, 0.15) is 5.56 Å². The zero-order valence-corrected chi connectivity index (χ0v) is 12.3. The molecule has 1 amide bonds. The first-order chi connectivity index (χ1) is 9.60. The van der Waals surface area contributed by atoms with E-state index in [1.165, 1.54) is 0 Å². The van der Waals surface area contributed by atoms with Gasteiger partial charge in [0.15, 0.2) is 0 Å². The lowest BCUT2D eigenvalue weighted by Crippen LogP contribution is -2.05. The highest BCUT2D eigenvalue weighted by Gasteiger charge is 2.06. The molecule has 2 rings (SSSR count). The molecule has 0 bridgehead atoms. The van der Waals surface area contributed by atoms with Crippen LogP contribution in [-0.4, -0.2) is 10.6 Å². The third-order valence-corrected chi connectivity index (χ3v) is 4.19. The molecule has 0 spiro atoms. The Morgan fingerprint density at radius 1 is 1.10 bits per heavy atom. The molecule has 4 nitrogen and oxygen atoms in total. The zero-order valence-electron chi connectivity index (χ0n) is 10.7. The minimum absolute atomic E-state index is 0.586. The van der Waals surface area contributed by atoms with Crippen molar-refractivity contribution < 1.29 is 9.00 Å². The van der Waals surface area contributed by atoms with Gasteiger partial charge in [0.1, 0.15) is 11.0 Å². The highest BCUT2D eigenvalue weighted by molar-refractivity contribution is 7.86. The topological polar surface area (TPSA) is 58.2 Å². The monoisotopic (exact) mass is 308 g/mol. The molecular weight excluding hydrogens is 296 g/mol. The Morgan fingerprint density at radius 2 is 1.75 bits per heavy atom. The molecule has 0 aliphatic rings. The van der Waals surface area contributed by atoms with Crippen LogP contribution in [-0.2, 0) is 15.8 Å². The van der Waals surface area contributed by atoms with E-state index in [9.17, 15) is 9.00 Å². The Hall–Kier alpha value is -1.85. The summed E-state index contributed by atoms with van der Waals surface area (Å²) in [5, 5.41) is 3.12. The van der Waals surface area contributed by atoms with Crippen LogP contribution in [0.3, 0.4) is 0 Å². The summed E-state index contributed by atoms with van der Waals surface area (Å²) in [4.78, 5) is 10.9. The molecular formula is C14H13ClN2O2S. The van der Waals surface area contributed by atoms with Crippen molar-refractivity contribution in [3.8, 4) is 0 Å². The fourth-order valence-electron chi connectivity index (χ4n) is 1.56. The number of rotatable bonds is 5. The summed E-state index contributed by atoms with van der Waals surface area (Å²) < 4.78 is 15.0. The van der Waals surface area contributed by atoms with E-state index in [1.807, 2.05) is 13.0 Å². The highest BCUT2D eigenvalue weighted by Crippen LogP contribution is 2.20. The van der Waals surface area contributed by atoms with Crippen LogP contribution in [0.4, 0.5) is 11.4 Å². The van der Waals surface area contributed by atoms with Crippen molar-refractivity contribution in [3.05, 3.63) is 53.1 Å². The van der Waals surface area contributed by atoms with Gasteiger partial charge in [-0.25, -0.2) is 4.21 Å². The van der Waals surface area contributed by atoms with Gasteiger partial charge in [-0.15, -0.1) is 0 Å². The minimum Gasteiger partial charge on any atom is -0.329 e. The second-order valence-electron chi connectivity index (χ2n) is 4.12. The molecule has 0 saturated carbocycles. The summed E-state index contributed by atoms with van der Waals surface area (Å²) in [7, 11) is -1.39. The number of hydrogen-bond acceptors (Lipinski definition) is 2. The molecule has 1 unspecified atom stereocenters. The fourth-order valence-corrected chi connectivity index (χ4v) is 2.69. The van der Waals surface area contributed by atoms with E-state index in [0.717, 1.165) is 5.56 Å². The molecule has 0 saturated heterocycles. The Kier molecular flexibility index (Phi) is 4.76. The van der Waals surface area contributed by atoms with E-state index in [2.05, 4.69) is 10.0 Å². The summed E-state index contributed by atoms with van der Waals surface area (Å²) in [6.07, 6.45) is 0.606. The molecule has 0 aliphatic heterocycles. The van der Waals surface area contributed by atoms with E-state index in [1.54, 1.807) is 36.4 Å². The average Bonchev–Trinajstić information content (AvgIpc) is 2.44. The average molecular weight is 309 g/mol. The van der Waals surface area contributed by atoms with Crippen LogP contribution >= 0.6 is 11.6 Å². The normalized spacial score (nSPS) is 11.7. The number of benzene rings is 2. The smallest absolute Gasteiger partial charge is 0.211 e. The van der Waals surface area contributed by atoms with Gasteiger partial charge in [-0.1, -0.05) is 17.7 Å². The van der Waals surface area contributed by atoms with Gasteiger partial charge in [-0.3, -0.25) is 4.79 Å². The maximum Gasteiger partial charge on any atom is 0.211 e. The lowest BCUT2D eigenvalue weighted by molar-refractivity contribution is -0.105. The van der Waals surface area contributed by atoms with Gasteiger partial charge in [0.25, 0.3) is 0 Å². The maximum absolute atomic E-state index is 12.2. The maximum atomic E-state index is 12.2. The van der Waals surface area contributed by atoms with Crippen LogP contribution in [0, 0.1) is 6.92 Å². The van der Waals surface area contributed by atoms with Crippen LogP contribution < -0.4 is 10.0 Å². The zero-order chi connectivity index (χ0) is 14.5. The second-order valence-corrected chi connectivity index (χ2v) is 5.74. The molecule has 1 atom stereocenters. The molecule has 2 N–H and O–H groups in total. The Morgan fingerprint density at radius 3 is 2.35 bits per heavy atom. The lowest BCUT2D eigenvalue weighted by atomic mass is 10.2. The number of carbonyl (C=O) groups excluding carboxylic acids is 1. The van der Waals surface area contributed by atoms with E-state index in [0.29, 0.717) is 27.7 Å². The molecule has 0 heterocycles. The van der Waals surface area contributed by atoms with Crippen molar-refractivity contribution in [2.75, 3.05) is 10.0 Å². The van der Waals surface area contributed by atoms with Crippen molar-refractivity contribution in [2.45, 2.75) is 11.8 Å². The quantitative estimate of drug-likeness (QED) is 0.832. The van der Waals surface area contributed by atoms with Crippen LogP contribution in [0.5, 0.6) is 0 Å². The van der Waals surface area contributed by atoms with E-state index in [4.69, 9.17) is 11.6 Å². The first-order valence-corrected chi connectivity index (χ1v) is 7.38. The first-order valence-electron chi connectivity index (χ1n) is 5.85. The standard InChI is InChI=1S/C14H13ClN2O2S/c1-10-2-7-13(8-14(10)15)20(19)17-12-5-3-11(4-6-12)16-9-18/h2-9,17H,1H3,(H,16,18). The summed E-state index contributed by atoms with van der Waals surface area (Å²) in [6.45, 7) is 1.89. The number of amides is 1. The molecule has 2 aromatic rings. The van der Waals surface area contributed by atoms with Crippen molar-refractivity contribution in [1.29, 1.82) is 0 Å². The van der Waals surface area contributed by atoms with E-state index in [-0.39, 0.29) is 0 Å². The number of nitrogens with one attached hydrogen (secondary N) is 2. The third-order valence-electron chi connectivity index (χ3n) is 2.68. The summed E-state index contributed by atoms with van der Waals surface area (Å²) in [5.74, 6) is 0. The van der Waals surface area contributed by atoms with Crippen LogP contribution in [0.15, 0.2) is 47.4 Å². The molecule has 0 aliphatic carbocycles. The SMILES string of the molecule is Cc1ccc(S(=O)Nc2ccc(NC=O)cc2)cc1Cl. The van der Waals surface area contributed by atoms with Crippen molar-refractivity contribution >= 4 is 40.4 Å². The molecule has 104 valence electrons. The number of hydrogen-bond donors (Lipinski definition) is 2. The Balaban J connectivity index is 2.10. The van der Waals surface area contributed by atoms with E-state index >= 15 is 0 Å². The molecule has 2 aromatic carbocycles. The molecule has 0 fully saturated rings. The Labute approximate surface area is 124 Å². The molecule has 0 radical (unpaired) electrons. The summed E-state index contributed by atoms with van der Waals surface area (Å²) >= 11 is 6.01. The van der Waals surface area contributed by atoms with Crippen molar-refractivity contribution in [3.63, 3.8) is 0 Å². The van der Waals surface area contributed by atoms with Gasteiger partial charge < -0.3 is 10.0 Å². The second kappa shape index (κ2) is 6.54. The van der Waals surface area contributed by atoms with Gasteiger partial charge in [0, 0.05) is 16.4 Å². The summed E-state index contributed by atoms with van der Waals surface area (Å²) in [5.41, 5.74) is 2.31. The fraction of sp³-hybridized carbons (Fsp3) is 0.0714. The predicted octanol–water partition coefficient (Wildman–Crippen LogP) is 3.35. The lowest BCUT2D eigenvalue weighted by Gasteiger charge is -2.08. The number of aryl methyl sites for hydroxylation is 1. The molecule has 20 heavy (non-hydrogen) atoms. The van der Waals surface area contributed by atoms with Crippen LogP contribution in [0.2, 0.25) is 5.02 Å². The van der Waals surface area contributed by atoms with Crippen LogP contribution in [0.25, 0.3) is 0 Å². The Bertz CT molecular complexity index is 644. The van der Waals surface area contributed by atoms with Gasteiger partial charge in [0.2, 0.25) is 6.41 Å². The van der Waals surface area contributed by atoms with Crippen molar-refractivity contribution in [2.24, 2.45) is 0 Å². The van der Waals surface area contributed by atoms with Gasteiger partial charge in [-0.2, -0.15) is 0 Å². The van der Waals surface area contributed by atoms with Gasteiger partial charge in [0.05, 0.1) is 4.90 Å². The largest absolute Gasteiger partial charge is 0.329 e. The number of halogens is 1. The number of carbonyl (C=O) groups is 1. The van der Waals surface area contributed by atoms with E-state index < -0.39 is 11.0 Å². The minimum atomic E-state index is -1.39. The third kappa shape index (κ3) is 3.59. The first kappa shape index (κ1) is 14.6. The van der Waals surface area contributed by atoms with Gasteiger partial charge >= 0.3 is 0 Å².